The van der Waals surface area contributed by atoms with Crippen molar-refractivity contribution in [3.63, 3.8) is 0 Å². The molecule has 0 spiro atoms. The topological polar surface area (TPSA) is 43.1 Å². The van der Waals surface area contributed by atoms with E-state index < -0.39 is 4.92 Å². The number of hydrogen-bond acceptors (Lipinski definition) is 2. The molecule has 0 bridgehead atoms. The predicted molar refractivity (Wildman–Crippen MR) is 70.9 cm³/mol. The zero-order chi connectivity index (χ0) is 13.0. The molecule has 0 radical (unpaired) electrons. The molecule has 94 valence electrons. The maximum Gasteiger partial charge on any atom is 0.270 e. The van der Waals surface area contributed by atoms with Gasteiger partial charge in [-0.1, -0.05) is 31.5 Å². The van der Waals surface area contributed by atoms with Gasteiger partial charge in [0.15, 0.2) is 0 Å². The van der Waals surface area contributed by atoms with Crippen LogP contribution in [0, 0.1) is 16.0 Å². The number of non-ortho nitro benzene ring substituents is 1. The van der Waals surface area contributed by atoms with Crippen LogP contribution in [0.1, 0.15) is 25.8 Å². The van der Waals surface area contributed by atoms with Gasteiger partial charge in [0.1, 0.15) is 0 Å². The fourth-order valence-electron chi connectivity index (χ4n) is 1.65. The summed E-state index contributed by atoms with van der Waals surface area (Å²) in [7, 11) is 0. The average Bonchev–Trinajstić information content (AvgIpc) is 2.19. The molecule has 0 saturated carbocycles. The normalized spacial score (nSPS) is 12.8. The van der Waals surface area contributed by atoms with Crippen LogP contribution in [0.3, 0.4) is 0 Å². The highest BCUT2D eigenvalue weighted by molar-refractivity contribution is 6.31. The van der Waals surface area contributed by atoms with Crippen molar-refractivity contribution in [1.29, 1.82) is 0 Å². The molecule has 1 atom stereocenters. The van der Waals surface area contributed by atoms with Crippen LogP contribution in [-0.2, 0) is 6.42 Å². The summed E-state index contributed by atoms with van der Waals surface area (Å²) < 4.78 is 0. The molecule has 0 aliphatic heterocycles. The van der Waals surface area contributed by atoms with Crippen LogP contribution in [0.25, 0.3) is 0 Å². The second-order valence-corrected chi connectivity index (χ2v) is 5.49. The van der Waals surface area contributed by atoms with Gasteiger partial charge in [-0.25, -0.2) is 0 Å². The highest BCUT2D eigenvalue weighted by Crippen LogP contribution is 2.25. The molecule has 1 unspecified atom stereocenters. The first-order valence-corrected chi connectivity index (χ1v) is 6.28. The van der Waals surface area contributed by atoms with E-state index in [9.17, 15) is 10.1 Å². The van der Waals surface area contributed by atoms with E-state index in [0.717, 1.165) is 12.0 Å². The standard InChI is InChI=1S/C12H15Cl2NO2/c1-8(2)5-10(13)6-9-3-4-11(15(16)17)7-12(9)14/h3-4,7-8,10H,5-6H2,1-2H3. The molecule has 0 saturated heterocycles. The lowest BCUT2D eigenvalue weighted by molar-refractivity contribution is -0.384. The first kappa shape index (κ1) is 14.3. The monoisotopic (exact) mass is 275 g/mol. The Bertz CT molecular complexity index is 407. The van der Waals surface area contributed by atoms with Gasteiger partial charge in [-0.3, -0.25) is 10.1 Å². The van der Waals surface area contributed by atoms with E-state index in [4.69, 9.17) is 23.2 Å². The highest BCUT2D eigenvalue weighted by Gasteiger charge is 2.13. The minimum absolute atomic E-state index is 0.00809. The van der Waals surface area contributed by atoms with Crippen molar-refractivity contribution in [2.45, 2.75) is 32.1 Å². The quantitative estimate of drug-likeness (QED) is 0.453. The molecule has 0 fully saturated rings. The number of rotatable bonds is 5. The molecule has 1 aromatic carbocycles. The number of benzene rings is 1. The van der Waals surface area contributed by atoms with E-state index in [1.54, 1.807) is 6.07 Å². The van der Waals surface area contributed by atoms with Gasteiger partial charge in [0.25, 0.3) is 5.69 Å². The Morgan fingerprint density at radius 2 is 2.06 bits per heavy atom. The third kappa shape index (κ3) is 4.52. The number of nitro benzene ring substituents is 1. The van der Waals surface area contributed by atoms with Crippen molar-refractivity contribution in [2.75, 3.05) is 0 Å². The van der Waals surface area contributed by atoms with Crippen LogP contribution in [0.4, 0.5) is 5.69 Å². The van der Waals surface area contributed by atoms with Gasteiger partial charge in [0, 0.05) is 17.5 Å². The van der Waals surface area contributed by atoms with Crippen LogP contribution in [0.15, 0.2) is 18.2 Å². The smallest absolute Gasteiger partial charge is 0.258 e. The summed E-state index contributed by atoms with van der Waals surface area (Å²) in [6.45, 7) is 4.21. The Morgan fingerprint density at radius 1 is 1.41 bits per heavy atom. The molecule has 1 aromatic rings. The van der Waals surface area contributed by atoms with Gasteiger partial charge in [-0.2, -0.15) is 0 Å². The average molecular weight is 276 g/mol. The molecule has 0 N–H and O–H groups in total. The van der Waals surface area contributed by atoms with Crippen LogP contribution >= 0.6 is 23.2 Å². The fraction of sp³-hybridized carbons (Fsp3) is 0.500. The van der Waals surface area contributed by atoms with Gasteiger partial charge in [0.2, 0.25) is 0 Å². The summed E-state index contributed by atoms with van der Waals surface area (Å²) in [6.07, 6.45) is 1.53. The van der Waals surface area contributed by atoms with Crippen LogP contribution in [0.5, 0.6) is 0 Å². The zero-order valence-corrected chi connectivity index (χ0v) is 11.3. The van der Waals surface area contributed by atoms with Crippen LogP contribution < -0.4 is 0 Å². The van der Waals surface area contributed by atoms with Crippen molar-refractivity contribution in [3.05, 3.63) is 38.9 Å². The molecule has 5 heteroatoms. The summed E-state index contributed by atoms with van der Waals surface area (Å²) in [6, 6.07) is 4.51. The van der Waals surface area contributed by atoms with Gasteiger partial charge in [-0.15, -0.1) is 11.6 Å². The molecular weight excluding hydrogens is 261 g/mol. The lowest BCUT2D eigenvalue weighted by Crippen LogP contribution is -2.07. The number of hydrogen-bond donors (Lipinski definition) is 0. The van der Waals surface area contributed by atoms with Crippen molar-refractivity contribution < 1.29 is 4.92 Å². The van der Waals surface area contributed by atoms with E-state index in [-0.39, 0.29) is 11.1 Å². The minimum atomic E-state index is -0.456. The van der Waals surface area contributed by atoms with E-state index in [1.165, 1.54) is 12.1 Å². The first-order chi connectivity index (χ1) is 7.90. The van der Waals surface area contributed by atoms with Crippen molar-refractivity contribution in [2.24, 2.45) is 5.92 Å². The molecule has 0 aliphatic rings. The van der Waals surface area contributed by atoms with Gasteiger partial charge >= 0.3 is 0 Å². The third-order valence-corrected chi connectivity index (χ3v) is 3.10. The predicted octanol–water partition coefficient (Wildman–Crippen LogP) is 4.44. The number of nitro groups is 1. The highest BCUT2D eigenvalue weighted by atomic mass is 35.5. The first-order valence-electron chi connectivity index (χ1n) is 5.47. The van der Waals surface area contributed by atoms with E-state index >= 15 is 0 Å². The number of nitrogens with zero attached hydrogens (tertiary/aromatic N) is 1. The molecule has 1 rings (SSSR count). The second-order valence-electron chi connectivity index (χ2n) is 4.46. The fourth-order valence-corrected chi connectivity index (χ4v) is 2.42. The van der Waals surface area contributed by atoms with Crippen LogP contribution in [0.2, 0.25) is 5.02 Å². The third-order valence-electron chi connectivity index (χ3n) is 2.42. The van der Waals surface area contributed by atoms with Gasteiger partial charge in [0.05, 0.1) is 9.95 Å². The Kier molecular flexibility index (Phi) is 5.22. The SMILES string of the molecule is CC(C)CC(Cl)Cc1ccc([N+](=O)[O-])cc1Cl. The Labute approximate surface area is 111 Å². The number of alkyl halides is 1. The molecular formula is C12H15Cl2NO2. The van der Waals surface area contributed by atoms with Crippen molar-refractivity contribution in [1.82, 2.24) is 0 Å². The summed E-state index contributed by atoms with van der Waals surface area (Å²) in [5.74, 6) is 0.523. The second kappa shape index (κ2) is 6.22. The summed E-state index contributed by atoms with van der Waals surface area (Å²) in [5, 5.41) is 11.0. The van der Waals surface area contributed by atoms with Crippen molar-refractivity contribution >= 4 is 28.9 Å². The molecule has 17 heavy (non-hydrogen) atoms. The summed E-state index contributed by atoms with van der Waals surface area (Å²) >= 11 is 12.2. The van der Waals surface area contributed by atoms with E-state index in [2.05, 4.69) is 13.8 Å². The van der Waals surface area contributed by atoms with E-state index in [1.807, 2.05) is 0 Å². The molecule has 0 heterocycles. The summed E-state index contributed by atoms with van der Waals surface area (Å²) in [4.78, 5) is 10.1. The molecule has 0 aliphatic carbocycles. The Balaban J connectivity index is 2.75. The largest absolute Gasteiger partial charge is 0.270 e. The molecule has 3 nitrogen and oxygen atoms in total. The lowest BCUT2D eigenvalue weighted by atomic mass is 10.0. The maximum atomic E-state index is 10.6. The van der Waals surface area contributed by atoms with E-state index in [0.29, 0.717) is 17.4 Å². The maximum absolute atomic E-state index is 10.6. The Hall–Kier alpha value is -0.800. The number of halogens is 2. The minimum Gasteiger partial charge on any atom is -0.258 e. The van der Waals surface area contributed by atoms with Crippen LogP contribution in [-0.4, -0.2) is 10.3 Å². The van der Waals surface area contributed by atoms with Crippen molar-refractivity contribution in [3.8, 4) is 0 Å². The van der Waals surface area contributed by atoms with Gasteiger partial charge in [-0.05, 0) is 24.3 Å². The zero-order valence-electron chi connectivity index (χ0n) is 9.82. The van der Waals surface area contributed by atoms with Gasteiger partial charge < -0.3 is 0 Å². The lowest BCUT2D eigenvalue weighted by Gasteiger charge is -2.12. The summed E-state index contributed by atoms with van der Waals surface area (Å²) in [5.41, 5.74) is 0.867. The Morgan fingerprint density at radius 3 is 2.53 bits per heavy atom. The molecule has 0 amide bonds. The molecule has 0 aromatic heterocycles.